The number of hydrogen-bond donors (Lipinski definition) is 2. The van der Waals surface area contributed by atoms with Crippen molar-refractivity contribution in [3.05, 3.63) is 35.4 Å². The normalized spacial score (nSPS) is 18.5. The molecule has 1 aromatic rings. The van der Waals surface area contributed by atoms with Crippen LogP contribution in [0.5, 0.6) is 0 Å². The first-order valence-corrected chi connectivity index (χ1v) is 8.41. The summed E-state index contributed by atoms with van der Waals surface area (Å²) in [5.74, 6) is 0. The van der Waals surface area contributed by atoms with Crippen LogP contribution in [-0.4, -0.2) is 55.5 Å². The molecule has 1 aromatic carbocycles. The van der Waals surface area contributed by atoms with Crippen LogP contribution in [0, 0.1) is 0 Å². The molecule has 1 fully saturated rings. The third-order valence-electron chi connectivity index (χ3n) is 4.44. The SMILES string of the molecule is CCc1ccc(CNC2CCN(CC(O)COC)CC2)cc1. The average molecular weight is 306 g/mol. The van der Waals surface area contributed by atoms with E-state index in [2.05, 4.69) is 41.4 Å². The number of aryl methyl sites for hydroxylation is 1. The number of methoxy groups -OCH3 is 1. The third kappa shape index (κ3) is 5.69. The van der Waals surface area contributed by atoms with Crippen molar-refractivity contribution in [2.24, 2.45) is 0 Å². The van der Waals surface area contributed by atoms with Gasteiger partial charge in [-0.05, 0) is 43.5 Å². The van der Waals surface area contributed by atoms with Gasteiger partial charge in [0.05, 0.1) is 12.7 Å². The number of aliphatic hydroxyl groups is 1. The summed E-state index contributed by atoms with van der Waals surface area (Å²) in [4.78, 5) is 2.33. The quantitative estimate of drug-likeness (QED) is 0.769. The lowest BCUT2D eigenvalue weighted by molar-refractivity contribution is 0.0310. The molecule has 0 saturated carbocycles. The van der Waals surface area contributed by atoms with Crippen molar-refractivity contribution in [1.29, 1.82) is 0 Å². The van der Waals surface area contributed by atoms with Gasteiger partial charge in [0.25, 0.3) is 0 Å². The van der Waals surface area contributed by atoms with Crippen LogP contribution in [-0.2, 0) is 17.7 Å². The summed E-state index contributed by atoms with van der Waals surface area (Å²) in [5.41, 5.74) is 2.75. The number of rotatable bonds is 8. The van der Waals surface area contributed by atoms with E-state index in [-0.39, 0.29) is 6.10 Å². The Morgan fingerprint density at radius 1 is 1.23 bits per heavy atom. The molecule has 1 aliphatic heterocycles. The maximum absolute atomic E-state index is 9.78. The molecule has 1 unspecified atom stereocenters. The van der Waals surface area contributed by atoms with E-state index in [1.165, 1.54) is 11.1 Å². The monoisotopic (exact) mass is 306 g/mol. The Hall–Kier alpha value is -0.940. The van der Waals surface area contributed by atoms with E-state index < -0.39 is 0 Å². The molecule has 4 nitrogen and oxygen atoms in total. The van der Waals surface area contributed by atoms with Gasteiger partial charge in [-0.1, -0.05) is 31.2 Å². The molecule has 1 atom stereocenters. The standard InChI is InChI=1S/C18H30N2O2/c1-3-15-4-6-16(7-5-15)12-19-17-8-10-20(11-9-17)13-18(21)14-22-2/h4-7,17-19,21H,3,8-14H2,1-2H3. The molecule has 0 aliphatic carbocycles. The fraction of sp³-hybridized carbons (Fsp3) is 0.667. The minimum absolute atomic E-state index is 0.369. The molecule has 2 N–H and O–H groups in total. The van der Waals surface area contributed by atoms with Crippen molar-refractivity contribution in [3.8, 4) is 0 Å². The van der Waals surface area contributed by atoms with Crippen LogP contribution in [0.3, 0.4) is 0 Å². The smallest absolute Gasteiger partial charge is 0.0900 e. The molecule has 0 radical (unpaired) electrons. The molecule has 2 rings (SSSR count). The molecule has 124 valence electrons. The Bertz CT molecular complexity index is 414. The minimum atomic E-state index is -0.369. The highest BCUT2D eigenvalue weighted by Crippen LogP contribution is 2.12. The number of likely N-dealkylation sites (tertiary alicyclic amines) is 1. The Balaban J connectivity index is 1.66. The summed E-state index contributed by atoms with van der Waals surface area (Å²) < 4.78 is 4.98. The highest BCUT2D eigenvalue weighted by atomic mass is 16.5. The first-order chi connectivity index (χ1) is 10.7. The van der Waals surface area contributed by atoms with Crippen LogP contribution in [0.1, 0.15) is 30.9 Å². The third-order valence-corrected chi connectivity index (χ3v) is 4.44. The average Bonchev–Trinajstić information content (AvgIpc) is 2.55. The van der Waals surface area contributed by atoms with Gasteiger partial charge in [-0.15, -0.1) is 0 Å². The first-order valence-electron chi connectivity index (χ1n) is 8.41. The van der Waals surface area contributed by atoms with Crippen molar-refractivity contribution in [3.63, 3.8) is 0 Å². The molecule has 0 aromatic heterocycles. The van der Waals surface area contributed by atoms with Crippen molar-refractivity contribution in [2.45, 2.75) is 44.9 Å². The van der Waals surface area contributed by atoms with Crippen LogP contribution in [0.25, 0.3) is 0 Å². The summed E-state index contributed by atoms with van der Waals surface area (Å²) in [6.45, 7) is 6.37. The van der Waals surface area contributed by atoms with Crippen LogP contribution in [0.2, 0.25) is 0 Å². The molecule has 22 heavy (non-hydrogen) atoms. The summed E-state index contributed by atoms with van der Waals surface area (Å²) in [6.07, 6.45) is 3.02. The van der Waals surface area contributed by atoms with Crippen molar-refractivity contribution >= 4 is 0 Å². The van der Waals surface area contributed by atoms with Gasteiger partial charge in [-0.2, -0.15) is 0 Å². The van der Waals surface area contributed by atoms with E-state index >= 15 is 0 Å². The lowest BCUT2D eigenvalue weighted by atomic mass is 10.0. The molecule has 4 heteroatoms. The van der Waals surface area contributed by atoms with Crippen LogP contribution in [0.4, 0.5) is 0 Å². The van der Waals surface area contributed by atoms with Crippen molar-refractivity contribution in [1.82, 2.24) is 10.2 Å². The predicted molar refractivity (Wildman–Crippen MR) is 90.0 cm³/mol. The van der Waals surface area contributed by atoms with Gasteiger partial charge in [0.2, 0.25) is 0 Å². The maximum Gasteiger partial charge on any atom is 0.0900 e. The highest BCUT2D eigenvalue weighted by Gasteiger charge is 2.20. The van der Waals surface area contributed by atoms with Crippen LogP contribution < -0.4 is 5.32 Å². The molecule has 1 heterocycles. The largest absolute Gasteiger partial charge is 0.389 e. The second-order valence-electron chi connectivity index (χ2n) is 6.23. The lowest BCUT2D eigenvalue weighted by Gasteiger charge is -2.33. The molecular weight excluding hydrogens is 276 g/mol. The van der Waals surface area contributed by atoms with Gasteiger partial charge in [-0.25, -0.2) is 0 Å². The zero-order valence-electron chi connectivity index (χ0n) is 13.9. The highest BCUT2D eigenvalue weighted by molar-refractivity contribution is 5.22. The molecular formula is C18H30N2O2. The molecule has 0 bridgehead atoms. The number of nitrogens with one attached hydrogen (secondary N) is 1. The van der Waals surface area contributed by atoms with Gasteiger partial charge in [0, 0.05) is 26.2 Å². The van der Waals surface area contributed by atoms with Crippen molar-refractivity contribution in [2.75, 3.05) is 33.4 Å². The Kier molecular flexibility index (Phi) is 7.33. The summed E-state index contributed by atoms with van der Waals surface area (Å²) >= 11 is 0. The van der Waals surface area contributed by atoms with Crippen LogP contribution >= 0.6 is 0 Å². The number of aliphatic hydroxyl groups excluding tert-OH is 1. The van der Waals surface area contributed by atoms with E-state index in [0.717, 1.165) is 45.4 Å². The second kappa shape index (κ2) is 9.26. The molecule has 0 amide bonds. The number of β-amino-alcohol motifs (C(OH)–C–C–N with tert-alkyl or cyclic N) is 1. The molecule has 1 aliphatic rings. The topological polar surface area (TPSA) is 44.7 Å². The number of hydrogen-bond acceptors (Lipinski definition) is 4. The zero-order valence-corrected chi connectivity index (χ0v) is 13.9. The lowest BCUT2D eigenvalue weighted by Crippen LogP contribution is -2.45. The fourth-order valence-corrected chi connectivity index (χ4v) is 3.02. The minimum Gasteiger partial charge on any atom is -0.389 e. The summed E-state index contributed by atoms with van der Waals surface area (Å²) in [7, 11) is 1.63. The number of benzene rings is 1. The Morgan fingerprint density at radius 2 is 1.86 bits per heavy atom. The van der Waals surface area contributed by atoms with Crippen LogP contribution in [0.15, 0.2) is 24.3 Å². The van der Waals surface area contributed by atoms with E-state index in [4.69, 9.17) is 4.74 Å². The van der Waals surface area contributed by atoms with Gasteiger partial charge in [0.15, 0.2) is 0 Å². The van der Waals surface area contributed by atoms with Gasteiger partial charge >= 0.3 is 0 Å². The van der Waals surface area contributed by atoms with E-state index in [0.29, 0.717) is 12.6 Å². The number of piperidine rings is 1. The fourth-order valence-electron chi connectivity index (χ4n) is 3.02. The number of ether oxygens (including phenoxy) is 1. The van der Waals surface area contributed by atoms with Gasteiger partial charge in [-0.3, -0.25) is 0 Å². The Labute approximate surface area is 134 Å². The summed E-state index contributed by atoms with van der Waals surface area (Å²) in [6, 6.07) is 9.47. The van der Waals surface area contributed by atoms with Gasteiger partial charge in [0.1, 0.15) is 0 Å². The van der Waals surface area contributed by atoms with E-state index in [1.54, 1.807) is 7.11 Å². The Morgan fingerprint density at radius 3 is 2.45 bits per heavy atom. The number of nitrogens with zero attached hydrogens (tertiary/aromatic N) is 1. The summed E-state index contributed by atoms with van der Waals surface area (Å²) in [5, 5.41) is 13.4. The zero-order chi connectivity index (χ0) is 15.8. The maximum atomic E-state index is 9.78. The first kappa shape index (κ1) is 17.4. The van der Waals surface area contributed by atoms with E-state index in [1.807, 2.05) is 0 Å². The predicted octanol–water partition coefficient (Wildman–Crippen LogP) is 1.81. The van der Waals surface area contributed by atoms with Crippen molar-refractivity contribution < 1.29 is 9.84 Å². The molecule has 0 spiro atoms. The molecule has 1 saturated heterocycles. The second-order valence-corrected chi connectivity index (χ2v) is 6.23. The van der Waals surface area contributed by atoms with E-state index in [9.17, 15) is 5.11 Å². The van der Waals surface area contributed by atoms with Gasteiger partial charge < -0.3 is 20.1 Å².